The lowest BCUT2D eigenvalue weighted by molar-refractivity contribution is -0.148. The first-order valence-corrected chi connectivity index (χ1v) is 5.39. The number of ether oxygens (including phenoxy) is 1. The quantitative estimate of drug-likeness (QED) is 0.587. The van der Waals surface area contributed by atoms with Gasteiger partial charge in [0.05, 0.1) is 0 Å². The van der Waals surface area contributed by atoms with E-state index in [1.807, 2.05) is 0 Å². The van der Waals surface area contributed by atoms with Crippen LogP contribution in [0.15, 0.2) is 18.2 Å². The van der Waals surface area contributed by atoms with Crippen molar-refractivity contribution in [2.45, 2.75) is 25.7 Å². The number of carbonyl (C=O) groups is 1. The molecule has 0 aliphatic rings. The molecule has 0 unspecified atom stereocenters. The molecule has 0 aliphatic carbocycles. The number of benzene rings is 1. The Labute approximate surface area is 106 Å². The van der Waals surface area contributed by atoms with Gasteiger partial charge in [-0.15, -0.1) is 0 Å². The molecule has 0 saturated carbocycles. The molecule has 19 heavy (non-hydrogen) atoms. The Hall–Kier alpha value is -1.66. The second-order valence-corrected chi connectivity index (χ2v) is 3.77. The maximum absolute atomic E-state index is 13.4. The molecule has 0 N–H and O–H groups in total. The second-order valence-electron chi connectivity index (χ2n) is 3.77. The molecular weight excluding hydrogens is 271 g/mol. The van der Waals surface area contributed by atoms with Gasteiger partial charge in [-0.05, 0) is 18.2 Å². The first-order valence-electron chi connectivity index (χ1n) is 5.39. The van der Waals surface area contributed by atoms with Crippen molar-refractivity contribution in [3.8, 4) is 5.75 Å². The fraction of sp³-hybridized carbons (Fsp3) is 0.417. The lowest BCUT2D eigenvalue weighted by Crippen LogP contribution is -2.33. The van der Waals surface area contributed by atoms with Crippen LogP contribution < -0.4 is 4.74 Å². The number of Topliss-reactive ketones (excluding diaryl/α,β-unsaturated/α-hetero) is 1. The van der Waals surface area contributed by atoms with E-state index in [1.165, 1.54) is 6.07 Å². The van der Waals surface area contributed by atoms with Gasteiger partial charge in [-0.3, -0.25) is 4.79 Å². The zero-order chi connectivity index (χ0) is 14.6. The summed E-state index contributed by atoms with van der Waals surface area (Å²) in [7, 11) is 0. The van der Waals surface area contributed by atoms with Crippen molar-refractivity contribution in [1.82, 2.24) is 0 Å². The minimum absolute atomic E-state index is 0.0629. The zero-order valence-electron chi connectivity index (χ0n) is 9.93. The van der Waals surface area contributed by atoms with Gasteiger partial charge in [-0.1, -0.05) is 6.92 Å². The Balaban J connectivity index is 2.79. The number of hydrogen-bond acceptors (Lipinski definition) is 2. The summed E-state index contributed by atoms with van der Waals surface area (Å²) >= 11 is 0. The standard InChI is InChI=1S/C12H11F5O2/c1-2-9(18)7-3-4-10(8(13)5-7)19-6-12(16,17)11(14)15/h3-5,11H,2,6H2,1H3. The molecule has 1 aromatic carbocycles. The van der Waals surface area contributed by atoms with Crippen molar-refractivity contribution < 1.29 is 31.5 Å². The lowest BCUT2D eigenvalue weighted by atomic mass is 10.1. The predicted octanol–water partition coefficient (Wildman–Crippen LogP) is 3.70. The number of carbonyl (C=O) groups excluding carboxylic acids is 1. The average Bonchev–Trinajstić information content (AvgIpc) is 2.36. The predicted molar refractivity (Wildman–Crippen MR) is 57.5 cm³/mol. The van der Waals surface area contributed by atoms with Gasteiger partial charge in [-0.2, -0.15) is 8.78 Å². The lowest BCUT2D eigenvalue weighted by Gasteiger charge is -2.16. The van der Waals surface area contributed by atoms with Crippen LogP contribution in [0.5, 0.6) is 5.75 Å². The van der Waals surface area contributed by atoms with Gasteiger partial charge in [0.15, 0.2) is 24.0 Å². The molecule has 0 fully saturated rings. The first-order chi connectivity index (χ1) is 8.77. The Morgan fingerprint density at radius 1 is 1.37 bits per heavy atom. The van der Waals surface area contributed by atoms with Crippen LogP contribution >= 0.6 is 0 Å². The summed E-state index contributed by atoms with van der Waals surface area (Å²) in [5.74, 6) is -6.34. The summed E-state index contributed by atoms with van der Waals surface area (Å²) in [4.78, 5) is 11.3. The highest BCUT2D eigenvalue weighted by Crippen LogP contribution is 2.26. The Morgan fingerprint density at radius 2 is 2.00 bits per heavy atom. The van der Waals surface area contributed by atoms with Gasteiger partial charge in [0, 0.05) is 12.0 Å². The Kier molecular flexibility index (Phi) is 4.85. The van der Waals surface area contributed by atoms with Crippen molar-refractivity contribution in [3.63, 3.8) is 0 Å². The summed E-state index contributed by atoms with van der Waals surface area (Å²) in [6.45, 7) is -0.0590. The summed E-state index contributed by atoms with van der Waals surface area (Å²) in [5.41, 5.74) is 0.0629. The second kappa shape index (κ2) is 5.99. The minimum atomic E-state index is -4.36. The Bertz CT molecular complexity index is 459. The molecule has 0 bridgehead atoms. The van der Waals surface area contributed by atoms with Crippen LogP contribution in [0.2, 0.25) is 0 Å². The third kappa shape index (κ3) is 3.90. The summed E-state index contributed by atoms with van der Waals surface area (Å²) in [6.07, 6.45) is -3.74. The van der Waals surface area contributed by atoms with E-state index in [4.69, 9.17) is 0 Å². The SMILES string of the molecule is CCC(=O)c1ccc(OCC(F)(F)C(F)F)c(F)c1. The van der Waals surface area contributed by atoms with Crippen molar-refractivity contribution >= 4 is 5.78 Å². The number of alkyl halides is 4. The highest BCUT2D eigenvalue weighted by Gasteiger charge is 2.41. The normalized spacial score (nSPS) is 11.7. The third-order valence-electron chi connectivity index (χ3n) is 2.31. The molecular formula is C12H11F5O2. The van der Waals surface area contributed by atoms with Crippen LogP contribution in [0.25, 0.3) is 0 Å². The minimum Gasteiger partial charge on any atom is -0.484 e. The van der Waals surface area contributed by atoms with E-state index in [0.29, 0.717) is 0 Å². The van der Waals surface area contributed by atoms with E-state index in [1.54, 1.807) is 6.92 Å². The number of hydrogen-bond donors (Lipinski definition) is 0. The molecule has 0 aromatic heterocycles. The molecule has 106 valence electrons. The fourth-order valence-electron chi connectivity index (χ4n) is 1.23. The van der Waals surface area contributed by atoms with E-state index in [9.17, 15) is 26.7 Å². The summed E-state index contributed by atoms with van der Waals surface area (Å²) < 4.78 is 66.6. The molecule has 0 amide bonds. The van der Waals surface area contributed by atoms with Crippen LogP contribution in [0, 0.1) is 5.82 Å². The van der Waals surface area contributed by atoms with Crippen molar-refractivity contribution in [2.75, 3.05) is 6.61 Å². The largest absolute Gasteiger partial charge is 0.484 e. The fourth-order valence-corrected chi connectivity index (χ4v) is 1.23. The van der Waals surface area contributed by atoms with Gasteiger partial charge >= 0.3 is 12.3 Å². The van der Waals surface area contributed by atoms with E-state index in [0.717, 1.165) is 12.1 Å². The summed E-state index contributed by atoms with van der Waals surface area (Å²) in [5, 5.41) is 0. The molecule has 0 spiro atoms. The number of halogens is 5. The third-order valence-corrected chi connectivity index (χ3v) is 2.31. The maximum Gasteiger partial charge on any atom is 0.340 e. The monoisotopic (exact) mass is 282 g/mol. The zero-order valence-corrected chi connectivity index (χ0v) is 9.93. The number of rotatable bonds is 6. The van der Waals surface area contributed by atoms with Gasteiger partial charge in [0.25, 0.3) is 0 Å². The van der Waals surface area contributed by atoms with Crippen molar-refractivity contribution in [1.29, 1.82) is 0 Å². The molecule has 0 saturated heterocycles. The maximum atomic E-state index is 13.4. The Morgan fingerprint density at radius 3 is 2.47 bits per heavy atom. The van der Waals surface area contributed by atoms with Gasteiger partial charge in [0.1, 0.15) is 0 Å². The molecule has 0 aliphatic heterocycles. The van der Waals surface area contributed by atoms with Crippen LogP contribution in [0.3, 0.4) is 0 Å². The molecule has 2 nitrogen and oxygen atoms in total. The number of ketones is 1. The highest BCUT2D eigenvalue weighted by atomic mass is 19.3. The van der Waals surface area contributed by atoms with Crippen LogP contribution in [0.4, 0.5) is 22.0 Å². The van der Waals surface area contributed by atoms with Gasteiger partial charge in [0.2, 0.25) is 0 Å². The van der Waals surface area contributed by atoms with Crippen LogP contribution in [0.1, 0.15) is 23.7 Å². The molecule has 1 rings (SSSR count). The van der Waals surface area contributed by atoms with E-state index in [-0.39, 0.29) is 17.8 Å². The van der Waals surface area contributed by atoms with Gasteiger partial charge in [-0.25, -0.2) is 13.2 Å². The van der Waals surface area contributed by atoms with Crippen molar-refractivity contribution in [2.24, 2.45) is 0 Å². The van der Waals surface area contributed by atoms with Crippen molar-refractivity contribution in [3.05, 3.63) is 29.6 Å². The smallest absolute Gasteiger partial charge is 0.340 e. The molecule has 7 heteroatoms. The van der Waals surface area contributed by atoms with Crippen LogP contribution in [-0.2, 0) is 0 Å². The highest BCUT2D eigenvalue weighted by molar-refractivity contribution is 5.95. The summed E-state index contributed by atoms with van der Waals surface area (Å²) in [6, 6.07) is 2.96. The van der Waals surface area contributed by atoms with Crippen LogP contribution in [-0.4, -0.2) is 24.7 Å². The average molecular weight is 282 g/mol. The molecule has 0 heterocycles. The first kappa shape index (κ1) is 15.4. The van der Waals surface area contributed by atoms with Gasteiger partial charge < -0.3 is 4.74 Å². The molecule has 1 aromatic rings. The molecule has 0 atom stereocenters. The van der Waals surface area contributed by atoms with E-state index >= 15 is 0 Å². The van der Waals surface area contributed by atoms with E-state index in [2.05, 4.69) is 4.74 Å². The molecule has 0 radical (unpaired) electrons. The topological polar surface area (TPSA) is 26.3 Å². The van der Waals surface area contributed by atoms with E-state index < -0.39 is 30.5 Å².